The molecule has 0 fully saturated rings. The lowest BCUT2D eigenvalue weighted by molar-refractivity contribution is 0.816. The van der Waals surface area contributed by atoms with Crippen molar-refractivity contribution >= 4 is 22.7 Å². The van der Waals surface area contributed by atoms with E-state index in [-0.39, 0.29) is 5.56 Å². The van der Waals surface area contributed by atoms with Gasteiger partial charge in [-0.05, 0) is 55.7 Å². The maximum absolute atomic E-state index is 13.1. The van der Waals surface area contributed by atoms with Crippen molar-refractivity contribution in [3.05, 3.63) is 63.9 Å². The quantitative estimate of drug-likeness (QED) is 0.389. The monoisotopic (exact) mass is 349 g/mol. The van der Waals surface area contributed by atoms with Crippen molar-refractivity contribution in [3.8, 4) is 11.8 Å². The molecule has 3 rings (SSSR count). The Kier molecular flexibility index (Phi) is 5.20. The first-order valence-electron chi connectivity index (χ1n) is 8.21. The fourth-order valence-electron chi connectivity index (χ4n) is 2.62. The van der Waals surface area contributed by atoms with E-state index in [1.165, 1.54) is 17.3 Å². The molecule has 5 heteroatoms. The number of hydrogen-bond acceptors (Lipinski definition) is 4. The molecule has 0 radical (unpaired) electrons. The van der Waals surface area contributed by atoms with Crippen LogP contribution in [-0.4, -0.2) is 15.3 Å². The zero-order valence-electron chi connectivity index (χ0n) is 14.3. The van der Waals surface area contributed by atoms with Crippen molar-refractivity contribution in [1.29, 1.82) is 5.26 Å². The highest BCUT2D eigenvalue weighted by Crippen LogP contribution is 2.23. The number of hydrogen-bond donors (Lipinski definition) is 0. The van der Waals surface area contributed by atoms with E-state index in [0.717, 1.165) is 23.4 Å². The molecule has 0 amide bonds. The summed E-state index contributed by atoms with van der Waals surface area (Å²) in [6.07, 6.45) is 1.28. The number of nitrogens with zero attached hydrogens (tertiary/aromatic N) is 3. The van der Waals surface area contributed by atoms with E-state index >= 15 is 0 Å². The van der Waals surface area contributed by atoms with E-state index in [1.54, 1.807) is 4.57 Å². The number of unbranched alkanes of at least 4 members (excludes halogenated alkanes) is 1. The molecular weight excluding hydrogens is 330 g/mol. The van der Waals surface area contributed by atoms with Crippen LogP contribution in [0.25, 0.3) is 16.6 Å². The van der Waals surface area contributed by atoms with Crippen LogP contribution in [0.3, 0.4) is 0 Å². The van der Waals surface area contributed by atoms with E-state index in [4.69, 9.17) is 10.2 Å². The third-order valence-electron chi connectivity index (χ3n) is 4.16. The summed E-state index contributed by atoms with van der Waals surface area (Å²) in [7, 11) is 0. The first kappa shape index (κ1) is 17.2. The van der Waals surface area contributed by atoms with Gasteiger partial charge in [-0.2, -0.15) is 5.26 Å². The Bertz CT molecular complexity index is 1020. The Morgan fingerprint density at radius 1 is 1.16 bits per heavy atom. The average molecular weight is 349 g/mol. The topological polar surface area (TPSA) is 58.7 Å². The van der Waals surface area contributed by atoms with Crippen LogP contribution in [0, 0.1) is 25.2 Å². The molecule has 1 aromatic heterocycles. The van der Waals surface area contributed by atoms with Gasteiger partial charge in [0.05, 0.1) is 22.7 Å². The number of thioether (sulfide) groups is 1. The van der Waals surface area contributed by atoms with Gasteiger partial charge in [-0.25, -0.2) is 4.98 Å². The highest BCUT2D eigenvalue weighted by atomic mass is 32.2. The molecule has 0 unspecified atom stereocenters. The molecular formula is C20H19N3OS. The molecule has 0 spiro atoms. The van der Waals surface area contributed by atoms with Crippen LogP contribution in [0.1, 0.15) is 24.0 Å². The summed E-state index contributed by atoms with van der Waals surface area (Å²) in [5.41, 5.74) is 3.80. The fraction of sp³-hybridized carbons (Fsp3) is 0.250. The lowest BCUT2D eigenvalue weighted by atomic mass is 10.1. The molecule has 0 atom stereocenters. The SMILES string of the molecule is Cc1ccc(-n2c(SCCCC#N)nc3ccccc3c2=O)cc1C. The predicted molar refractivity (Wildman–Crippen MR) is 102 cm³/mol. The molecule has 0 saturated heterocycles. The molecule has 126 valence electrons. The van der Waals surface area contributed by atoms with Crippen LogP contribution >= 0.6 is 11.8 Å². The van der Waals surface area contributed by atoms with Crippen LogP contribution in [-0.2, 0) is 0 Å². The Morgan fingerprint density at radius 3 is 2.72 bits per heavy atom. The van der Waals surface area contributed by atoms with E-state index in [2.05, 4.69) is 13.0 Å². The molecule has 0 N–H and O–H groups in total. The summed E-state index contributed by atoms with van der Waals surface area (Å²) < 4.78 is 1.69. The number of fused-ring (bicyclic) bond motifs is 1. The van der Waals surface area contributed by atoms with Crippen molar-refractivity contribution in [2.75, 3.05) is 5.75 Å². The summed E-state index contributed by atoms with van der Waals surface area (Å²) in [6.45, 7) is 4.09. The van der Waals surface area contributed by atoms with Gasteiger partial charge in [0.1, 0.15) is 0 Å². The van der Waals surface area contributed by atoms with E-state index in [9.17, 15) is 4.79 Å². The average Bonchev–Trinajstić information content (AvgIpc) is 2.62. The number of aromatic nitrogens is 2. The summed E-state index contributed by atoms with van der Waals surface area (Å²) >= 11 is 1.52. The molecule has 0 aliphatic carbocycles. The second kappa shape index (κ2) is 7.54. The van der Waals surface area contributed by atoms with Gasteiger partial charge in [0.25, 0.3) is 5.56 Å². The summed E-state index contributed by atoms with van der Waals surface area (Å²) in [4.78, 5) is 17.8. The highest BCUT2D eigenvalue weighted by Gasteiger charge is 2.13. The molecule has 0 bridgehead atoms. The first-order chi connectivity index (χ1) is 12.1. The minimum atomic E-state index is -0.0587. The lowest BCUT2D eigenvalue weighted by Gasteiger charge is -2.14. The Balaban J connectivity index is 2.16. The summed E-state index contributed by atoms with van der Waals surface area (Å²) in [6, 6.07) is 15.6. The molecule has 1 heterocycles. The Labute approximate surface area is 151 Å². The minimum Gasteiger partial charge on any atom is -0.268 e. The zero-order valence-corrected chi connectivity index (χ0v) is 15.1. The largest absolute Gasteiger partial charge is 0.268 e. The minimum absolute atomic E-state index is 0.0587. The second-order valence-electron chi connectivity index (χ2n) is 5.93. The maximum Gasteiger partial charge on any atom is 0.266 e. The second-order valence-corrected chi connectivity index (χ2v) is 6.99. The third kappa shape index (κ3) is 3.59. The van der Waals surface area contributed by atoms with E-state index < -0.39 is 0 Å². The zero-order chi connectivity index (χ0) is 17.8. The van der Waals surface area contributed by atoms with Crippen molar-refractivity contribution in [2.24, 2.45) is 0 Å². The van der Waals surface area contributed by atoms with Crippen molar-refractivity contribution < 1.29 is 0 Å². The number of para-hydroxylation sites is 1. The van der Waals surface area contributed by atoms with Gasteiger partial charge in [0.2, 0.25) is 0 Å². The number of benzene rings is 2. The smallest absolute Gasteiger partial charge is 0.266 e. The highest BCUT2D eigenvalue weighted by molar-refractivity contribution is 7.99. The van der Waals surface area contributed by atoms with Gasteiger partial charge in [0.15, 0.2) is 5.16 Å². The number of nitriles is 1. The molecule has 0 aliphatic rings. The van der Waals surface area contributed by atoms with Gasteiger partial charge in [0, 0.05) is 12.2 Å². The Morgan fingerprint density at radius 2 is 1.96 bits per heavy atom. The van der Waals surface area contributed by atoms with Crippen LogP contribution in [0.15, 0.2) is 52.4 Å². The predicted octanol–water partition coefficient (Wildman–Crippen LogP) is 4.40. The number of rotatable bonds is 5. The van der Waals surface area contributed by atoms with Crippen LogP contribution in [0.4, 0.5) is 0 Å². The van der Waals surface area contributed by atoms with Gasteiger partial charge >= 0.3 is 0 Å². The van der Waals surface area contributed by atoms with Gasteiger partial charge in [-0.3, -0.25) is 9.36 Å². The molecule has 0 aliphatic heterocycles. The number of aryl methyl sites for hydroxylation is 2. The Hall–Kier alpha value is -2.58. The van der Waals surface area contributed by atoms with E-state index in [0.29, 0.717) is 22.5 Å². The molecule has 4 nitrogen and oxygen atoms in total. The van der Waals surface area contributed by atoms with Crippen LogP contribution in [0.5, 0.6) is 0 Å². The normalized spacial score (nSPS) is 10.8. The van der Waals surface area contributed by atoms with E-state index in [1.807, 2.05) is 49.4 Å². The van der Waals surface area contributed by atoms with Gasteiger partial charge in [-0.1, -0.05) is 30.0 Å². The maximum atomic E-state index is 13.1. The van der Waals surface area contributed by atoms with Crippen LogP contribution in [0.2, 0.25) is 0 Å². The first-order valence-corrected chi connectivity index (χ1v) is 9.19. The van der Waals surface area contributed by atoms with Crippen LogP contribution < -0.4 is 5.56 Å². The van der Waals surface area contributed by atoms with Crippen molar-refractivity contribution in [3.63, 3.8) is 0 Å². The van der Waals surface area contributed by atoms with Crippen molar-refractivity contribution in [1.82, 2.24) is 9.55 Å². The molecule has 0 saturated carbocycles. The summed E-state index contributed by atoms with van der Waals surface area (Å²) in [5.74, 6) is 0.753. The molecule has 2 aromatic carbocycles. The van der Waals surface area contributed by atoms with Crippen molar-refractivity contribution in [2.45, 2.75) is 31.8 Å². The van der Waals surface area contributed by atoms with Gasteiger partial charge in [-0.15, -0.1) is 0 Å². The summed E-state index contributed by atoms with van der Waals surface area (Å²) in [5, 5.41) is 9.99. The molecule has 3 aromatic rings. The lowest BCUT2D eigenvalue weighted by Crippen LogP contribution is -2.22. The van der Waals surface area contributed by atoms with Gasteiger partial charge < -0.3 is 0 Å². The molecule has 25 heavy (non-hydrogen) atoms. The fourth-order valence-corrected chi connectivity index (χ4v) is 3.57. The standard InChI is InChI=1S/C20H19N3OS/c1-14-9-10-16(13-15(14)2)23-19(24)17-7-3-4-8-18(17)22-20(23)25-12-6-5-11-21/h3-4,7-10,13H,5-6,12H2,1-2H3. The third-order valence-corrected chi connectivity index (χ3v) is 5.18.